The van der Waals surface area contributed by atoms with E-state index in [2.05, 4.69) is 4.99 Å². The van der Waals surface area contributed by atoms with Crippen molar-refractivity contribution in [1.29, 1.82) is 0 Å². The molecule has 43 heavy (non-hydrogen) atoms. The molecule has 0 spiro atoms. The Balaban J connectivity index is 1.54. The Morgan fingerprint density at radius 2 is 1.91 bits per heavy atom. The molecular formula is C33H26N2O7S. The summed E-state index contributed by atoms with van der Waals surface area (Å²) in [5, 5.41) is 11.1. The van der Waals surface area contributed by atoms with E-state index in [1.165, 1.54) is 28.0 Å². The summed E-state index contributed by atoms with van der Waals surface area (Å²) >= 11 is 1.18. The van der Waals surface area contributed by atoms with Crippen LogP contribution < -0.4 is 19.6 Å². The van der Waals surface area contributed by atoms with Crippen LogP contribution >= 0.6 is 11.3 Å². The van der Waals surface area contributed by atoms with Gasteiger partial charge in [-0.3, -0.25) is 9.36 Å². The van der Waals surface area contributed by atoms with Gasteiger partial charge in [0.25, 0.3) is 5.56 Å². The summed E-state index contributed by atoms with van der Waals surface area (Å²) in [5.41, 5.74) is 1.74. The van der Waals surface area contributed by atoms with Crippen LogP contribution in [0, 0.1) is 0 Å². The van der Waals surface area contributed by atoms with Crippen LogP contribution in [0.4, 0.5) is 0 Å². The highest BCUT2D eigenvalue weighted by atomic mass is 32.1. The van der Waals surface area contributed by atoms with Crippen molar-refractivity contribution in [1.82, 2.24) is 4.57 Å². The number of allylic oxidation sites excluding steroid dienone is 1. The highest BCUT2D eigenvalue weighted by molar-refractivity contribution is 7.07. The number of ether oxygens (including phenoxy) is 2. The number of furan rings is 1. The third-order valence-corrected chi connectivity index (χ3v) is 8.22. The van der Waals surface area contributed by atoms with Crippen molar-refractivity contribution in [3.63, 3.8) is 0 Å². The average Bonchev–Trinajstić information content (AvgIpc) is 3.60. The molecule has 216 valence electrons. The Morgan fingerprint density at radius 3 is 2.67 bits per heavy atom. The second-order valence-electron chi connectivity index (χ2n) is 9.79. The first-order valence-corrected chi connectivity index (χ1v) is 14.3. The number of hydrogen-bond acceptors (Lipinski definition) is 8. The number of methoxy groups -OCH3 is 1. The molecular weight excluding hydrogens is 568 g/mol. The molecule has 9 nitrogen and oxygen atoms in total. The number of fused-ring (bicyclic) bond motifs is 2. The van der Waals surface area contributed by atoms with Crippen molar-refractivity contribution in [2.75, 3.05) is 13.7 Å². The van der Waals surface area contributed by atoms with Gasteiger partial charge >= 0.3 is 11.9 Å². The van der Waals surface area contributed by atoms with Crippen molar-refractivity contribution in [3.05, 3.63) is 121 Å². The fourth-order valence-electron chi connectivity index (χ4n) is 5.32. The van der Waals surface area contributed by atoms with E-state index in [1.807, 2.05) is 36.4 Å². The number of thiazole rings is 1. The summed E-state index contributed by atoms with van der Waals surface area (Å²) < 4.78 is 19.1. The normalized spacial score (nSPS) is 14.9. The molecule has 1 aliphatic heterocycles. The molecule has 10 heteroatoms. The quantitative estimate of drug-likeness (QED) is 0.266. The van der Waals surface area contributed by atoms with Crippen LogP contribution in [0.5, 0.6) is 5.75 Å². The molecule has 3 heterocycles. The maximum Gasteiger partial charge on any atom is 0.338 e. The van der Waals surface area contributed by atoms with Crippen LogP contribution in [0.3, 0.4) is 0 Å². The topological polar surface area (TPSA) is 120 Å². The van der Waals surface area contributed by atoms with Gasteiger partial charge in [-0.2, -0.15) is 0 Å². The summed E-state index contributed by atoms with van der Waals surface area (Å²) in [7, 11) is 1.55. The minimum Gasteiger partial charge on any atom is -0.496 e. The van der Waals surface area contributed by atoms with E-state index < -0.39 is 18.0 Å². The van der Waals surface area contributed by atoms with Gasteiger partial charge in [-0.1, -0.05) is 53.8 Å². The summed E-state index contributed by atoms with van der Waals surface area (Å²) in [6.07, 6.45) is 1.62. The number of carboxylic acids is 1. The summed E-state index contributed by atoms with van der Waals surface area (Å²) in [6, 6.07) is 20.5. The Hall–Kier alpha value is -5.22. The molecule has 1 atom stereocenters. The third-order valence-electron chi connectivity index (χ3n) is 7.24. The second kappa shape index (κ2) is 11.2. The first-order valence-electron chi connectivity index (χ1n) is 13.5. The van der Waals surface area contributed by atoms with E-state index in [-0.39, 0.29) is 23.3 Å². The van der Waals surface area contributed by atoms with E-state index in [1.54, 1.807) is 51.3 Å². The standard InChI is InChI=1S/C33H26N2O7S/c1-4-41-32(39)27-18(2)34-33-35(29(27)28-23-11-6-5-8-19(23)12-14-25(28)40-3)30(36)26(43-33)17-22-13-15-24(42-22)20-9-7-10-21(16-20)31(37)38/h5-17,29H,4H2,1-3H3,(H,37,38)/b26-17-/t29-/m1/s1. The predicted molar refractivity (Wildman–Crippen MR) is 162 cm³/mol. The van der Waals surface area contributed by atoms with Gasteiger partial charge in [-0.15, -0.1) is 0 Å². The molecule has 0 amide bonds. The van der Waals surface area contributed by atoms with Crippen molar-refractivity contribution in [2.45, 2.75) is 19.9 Å². The second-order valence-corrected chi connectivity index (χ2v) is 10.8. The number of esters is 1. The van der Waals surface area contributed by atoms with Crippen molar-refractivity contribution >= 4 is 40.1 Å². The molecule has 5 aromatic rings. The Labute approximate surface area is 249 Å². The van der Waals surface area contributed by atoms with E-state index in [0.717, 1.165) is 10.8 Å². The maximum atomic E-state index is 14.1. The molecule has 0 saturated heterocycles. The smallest absolute Gasteiger partial charge is 0.338 e. The molecule has 0 fully saturated rings. The lowest BCUT2D eigenvalue weighted by Gasteiger charge is -2.27. The molecule has 0 saturated carbocycles. The Bertz CT molecular complexity index is 2130. The molecule has 3 aromatic carbocycles. The van der Waals surface area contributed by atoms with Gasteiger partial charge in [-0.25, -0.2) is 14.6 Å². The number of hydrogen-bond donors (Lipinski definition) is 1. The number of rotatable bonds is 7. The molecule has 1 aliphatic rings. The molecule has 0 aliphatic carbocycles. The van der Waals surface area contributed by atoms with E-state index in [4.69, 9.17) is 13.9 Å². The Kier molecular flexibility index (Phi) is 7.29. The molecule has 0 bridgehead atoms. The molecule has 1 N–H and O–H groups in total. The SMILES string of the molecule is CCOC(=O)C1=C(C)N=c2s/c(=C\c3ccc(-c4cccc(C(=O)O)c4)o3)c(=O)n2[C@H]1c1c(OC)ccc2ccccc12. The summed E-state index contributed by atoms with van der Waals surface area (Å²) in [4.78, 5) is 44.0. The molecule has 2 aromatic heterocycles. The first-order chi connectivity index (χ1) is 20.8. The summed E-state index contributed by atoms with van der Waals surface area (Å²) in [6.45, 7) is 3.62. The number of aromatic nitrogens is 1. The van der Waals surface area contributed by atoms with Crippen LogP contribution in [-0.2, 0) is 9.53 Å². The van der Waals surface area contributed by atoms with Crippen molar-refractivity contribution in [2.24, 2.45) is 4.99 Å². The number of carboxylic acid groups (broad SMARTS) is 1. The number of benzene rings is 3. The van der Waals surface area contributed by atoms with E-state index in [9.17, 15) is 19.5 Å². The zero-order valence-corrected chi connectivity index (χ0v) is 24.3. The van der Waals surface area contributed by atoms with Crippen molar-refractivity contribution in [3.8, 4) is 17.1 Å². The minimum absolute atomic E-state index is 0.139. The van der Waals surface area contributed by atoms with Crippen LogP contribution in [0.25, 0.3) is 28.2 Å². The first kappa shape index (κ1) is 27.9. The third kappa shape index (κ3) is 4.95. The molecule has 6 rings (SSSR count). The van der Waals surface area contributed by atoms with Crippen LogP contribution in [-0.4, -0.2) is 35.3 Å². The van der Waals surface area contributed by atoms with Gasteiger partial charge in [0.05, 0.1) is 35.1 Å². The van der Waals surface area contributed by atoms with Gasteiger partial charge in [0.1, 0.15) is 23.3 Å². The van der Waals surface area contributed by atoms with Crippen LogP contribution in [0.2, 0.25) is 0 Å². The number of nitrogens with zero attached hydrogens (tertiary/aromatic N) is 2. The number of carbonyl (C=O) groups is 2. The van der Waals surface area contributed by atoms with E-state index in [0.29, 0.717) is 43.4 Å². The zero-order valence-electron chi connectivity index (χ0n) is 23.5. The van der Waals surface area contributed by atoms with E-state index >= 15 is 0 Å². The Morgan fingerprint density at radius 1 is 1.09 bits per heavy atom. The van der Waals surface area contributed by atoms with Gasteiger partial charge in [0.15, 0.2) is 4.80 Å². The van der Waals surface area contributed by atoms with Crippen LogP contribution in [0.1, 0.15) is 41.6 Å². The monoisotopic (exact) mass is 594 g/mol. The molecule has 0 radical (unpaired) electrons. The fraction of sp³-hybridized carbons (Fsp3) is 0.152. The predicted octanol–water partition coefficient (Wildman–Crippen LogP) is 4.92. The minimum atomic E-state index is -1.04. The summed E-state index contributed by atoms with van der Waals surface area (Å²) in [5.74, 6) is -0.210. The highest BCUT2D eigenvalue weighted by Crippen LogP contribution is 2.40. The van der Waals surface area contributed by atoms with Gasteiger partial charge < -0.3 is 19.0 Å². The lowest BCUT2D eigenvalue weighted by atomic mass is 9.90. The average molecular weight is 595 g/mol. The lowest BCUT2D eigenvalue weighted by molar-refractivity contribution is -0.139. The number of carbonyl (C=O) groups excluding carboxylic acids is 1. The van der Waals surface area contributed by atoms with Gasteiger partial charge in [-0.05, 0) is 55.0 Å². The van der Waals surface area contributed by atoms with Crippen molar-refractivity contribution < 1.29 is 28.6 Å². The van der Waals surface area contributed by atoms with Crippen LogP contribution in [0.15, 0.2) is 98.3 Å². The largest absolute Gasteiger partial charge is 0.496 e. The molecule has 0 unspecified atom stereocenters. The highest BCUT2D eigenvalue weighted by Gasteiger charge is 2.36. The lowest BCUT2D eigenvalue weighted by Crippen LogP contribution is -2.40. The maximum absolute atomic E-state index is 14.1. The van der Waals surface area contributed by atoms with Gasteiger partial charge in [0, 0.05) is 17.2 Å². The number of aromatic carboxylic acids is 1. The van der Waals surface area contributed by atoms with Gasteiger partial charge in [0.2, 0.25) is 0 Å². The fourth-order valence-corrected chi connectivity index (χ4v) is 6.35. The zero-order chi connectivity index (χ0) is 30.2.